The third-order valence-electron chi connectivity index (χ3n) is 1.52. The first-order valence-corrected chi connectivity index (χ1v) is 4.13. The molecule has 1 unspecified atom stereocenters. The summed E-state index contributed by atoms with van der Waals surface area (Å²) in [5.41, 5.74) is 0. The van der Waals surface area contributed by atoms with Crippen molar-refractivity contribution in [2.45, 2.75) is 20.3 Å². The highest BCUT2D eigenvalue weighted by atomic mass is 16.4. The van der Waals surface area contributed by atoms with Crippen LogP contribution in [0.2, 0.25) is 0 Å². The van der Waals surface area contributed by atoms with Gasteiger partial charge in [-0.2, -0.15) is 10.2 Å². The van der Waals surface area contributed by atoms with E-state index < -0.39 is 5.97 Å². The molecule has 0 amide bonds. The van der Waals surface area contributed by atoms with E-state index >= 15 is 0 Å². The van der Waals surface area contributed by atoms with Crippen molar-refractivity contribution >= 4 is 5.97 Å². The average molecular weight is 182 g/mol. The summed E-state index contributed by atoms with van der Waals surface area (Å²) >= 11 is 0. The number of hydrogen-bond donors (Lipinski definition) is 1. The van der Waals surface area contributed by atoms with Gasteiger partial charge in [-0.05, 0) is 18.6 Å². The fraction of sp³-hybridized carbons (Fsp3) is 0.444. The molecular formula is C9H14N2O2. The number of aliphatic carboxylic acids is 1. The molecule has 4 heteroatoms. The lowest BCUT2D eigenvalue weighted by Gasteiger charge is -1.96. The highest BCUT2D eigenvalue weighted by Gasteiger charge is 2.05. The Morgan fingerprint density at radius 3 is 1.92 bits per heavy atom. The van der Waals surface area contributed by atoms with Gasteiger partial charge in [-0.15, -0.1) is 0 Å². The fourth-order valence-electron chi connectivity index (χ4n) is 0.428. The highest BCUT2D eigenvalue weighted by molar-refractivity contribution is 5.69. The second kappa shape index (κ2) is 7.21. The Morgan fingerprint density at radius 1 is 1.38 bits per heavy atom. The first-order valence-electron chi connectivity index (χ1n) is 4.13. The number of hydrogen-bond acceptors (Lipinski definition) is 3. The highest BCUT2D eigenvalue weighted by Crippen LogP contribution is 1.97. The fourth-order valence-corrected chi connectivity index (χ4v) is 0.428. The maximum absolute atomic E-state index is 9.93. The summed E-state index contributed by atoms with van der Waals surface area (Å²) in [6.45, 7) is 3.56. The van der Waals surface area contributed by atoms with Crippen LogP contribution in [0.25, 0.3) is 0 Å². The summed E-state index contributed by atoms with van der Waals surface area (Å²) in [5.74, 6) is -0.887. The van der Waals surface area contributed by atoms with Crippen LogP contribution in [0.3, 0.4) is 0 Å². The summed E-state index contributed by atoms with van der Waals surface area (Å²) in [5, 5.41) is 15.3. The summed E-state index contributed by atoms with van der Waals surface area (Å²) in [7, 11) is 0. The maximum atomic E-state index is 9.93. The van der Waals surface area contributed by atoms with Gasteiger partial charge in [0, 0.05) is 12.4 Å². The van der Waals surface area contributed by atoms with Crippen LogP contribution >= 0.6 is 0 Å². The van der Waals surface area contributed by atoms with Gasteiger partial charge >= 0.3 is 5.97 Å². The largest absolute Gasteiger partial charge is 0.481 e. The number of carboxylic acid groups (broad SMARTS) is 1. The molecule has 1 aromatic heterocycles. The van der Waals surface area contributed by atoms with Crippen molar-refractivity contribution in [3.63, 3.8) is 0 Å². The predicted molar refractivity (Wildman–Crippen MR) is 49.1 cm³/mol. The Hall–Kier alpha value is -1.45. The minimum absolute atomic E-state index is 0.181. The molecule has 0 fully saturated rings. The van der Waals surface area contributed by atoms with E-state index in [0.717, 1.165) is 6.42 Å². The zero-order chi connectivity index (χ0) is 10.1. The van der Waals surface area contributed by atoms with E-state index in [1.165, 1.54) is 0 Å². The predicted octanol–water partition coefficient (Wildman–Crippen LogP) is 1.59. The molecule has 1 heterocycles. The van der Waals surface area contributed by atoms with Crippen molar-refractivity contribution in [1.29, 1.82) is 0 Å². The minimum Gasteiger partial charge on any atom is -0.481 e. The van der Waals surface area contributed by atoms with Crippen LogP contribution in [0.1, 0.15) is 20.3 Å². The molecule has 4 nitrogen and oxygen atoms in total. The molecule has 0 radical (unpaired) electrons. The van der Waals surface area contributed by atoms with E-state index in [1.54, 1.807) is 19.3 Å². The molecule has 0 spiro atoms. The number of carbonyl (C=O) groups is 1. The van der Waals surface area contributed by atoms with Crippen molar-refractivity contribution in [2.24, 2.45) is 5.92 Å². The molecule has 0 aliphatic carbocycles. The van der Waals surface area contributed by atoms with Crippen LogP contribution in [-0.4, -0.2) is 21.3 Å². The average Bonchev–Trinajstić information content (AvgIpc) is 2.20. The second-order valence-electron chi connectivity index (χ2n) is 2.56. The summed E-state index contributed by atoms with van der Waals surface area (Å²) in [4.78, 5) is 9.93. The standard InChI is InChI=1S/C5H10O2.C4H4N2/c1-3-4(2)5(6)7;1-2-4-6-5-3-1/h4H,3H2,1-2H3,(H,6,7);1-4H. The van der Waals surface area contributed by atoms with Crippen LogP contribution in [0.5, 0.6) is 0 Å². The summed E-state index contributed by atoms with van der Waals surface area (Å²) in [6, 6.07) is 3.65. The van der Waals surface area contributed by atoms with Crippen molar-refractivity contribution in [1.82, 2.24) is 10.2 Å². The molecule has 0 bridgehead atoms. The Morgan fingerprint density at radius 2 is 1.85 bits per heavy atom. The van der Waals surface area contributed by atoms with Crippen molar-refractivity contribution in [3.8, 4) is 0 Å². The second-order valence-corrected chi connectivity index (χ2v) is 2.56. The summed E-state index contributed by atoms with van der Waals surface area (Å²) in [6.07, 6.45) is 4.00. The molecular weight excluding hydrogens is 168 g/mol. The molecule has 0 aliphatic rings. The quantitative estimate of drug-likeness (QED) is 0.754. The van der Waals surface area contributed by atoms with Crippen molar-refractivity contribution in [3.05, 3.63) is 24.5 Å². The number of rotatable bonds is 2. The molecule has 13 heavy (non-hydrogen) atoms. The Kier molecular flexibility index (Phi) is 6.41. The molecule has 0 aromatic carbocycles. The number of carboxylic acids is 1. The zero-order valence-corrected chi connectivity index (χ0v) is 7.84. The van der Waals surface area contributed by atoms with Gasteiger partial charge in [0.05, 0.1) is 5.92 Å². The van der Waals surface area contributed by atoms with Gasteiger partial charge in [0.25, 0.3) is 0 Å². The Balaban J connectivity index is 0.000000223. The normalized spacial score (nSPS) is 10.9. The first-order chi connectivity index (χ1) is 6.18. The molecule has 0 saturated heterocycles. The Bertz CT molecular complexity index is 200. The maximum Gasteiger partial charge on any atom is 0.306 e. The van der Waals surface area contributed by atoms with E-state index in [1.807, 2.05) is 19.1 Å². The van der Waals surface area contributed by atoms with E-state index in [-0.39, 0.29) is 5.92 Å². The third-order valence-corrected chi connectivity index (χ3v) is 1.52. The van der Waals surface area contributed by atoms with Gasteiger partial charge in [0.2, 0.25) is 0 Å². The minimum atomic E-state index is -0.706. The number of aromatic nitrogens is 2. The van der Waals surface area contributed by atoms with Gasteiger partial charge in [0.15, 0.2) is 0 Å². The molecule has 1 rings (SSSR count). The number of nitrogens with zero attached hydrogens (tertiary/aromatic N) is 2. The van der Waals surface area contributed by atoms with Gasteiger partial charge < -0.3 is 5.11 Å². The molecule has 1 N–H and O–H groups in total. The lowest BCUT2D eigenvalue weighted by molar-refractivity contribution is -0.141. The van der Waals surface area contributed by atoms with Gasteiger partial charge in [-0.25, -0.2) is 0 Å². The van der Waals surface area contributed by atoms with Crippen LogP contribution in [0.15, 0.2) is 24.5 Å². The van der Waals surface area contributed by atoms with Crippen molar-refractivity contribution in [2.75, 3.05) is 0 Å². The molecule has 1 aromatic rings. The molecule has 0 aliphatic heterocycles. The van der Waals surface area contributed by atoms with Gasteiger partial charge in [-0.3, -0.25) is 4.79 Å². The van der Waals surface area contributed by atoms with Crippen LogP contribution in [0, 0.1) is 5.92 Å². The smallest absolute Gasteiger partial charge is 0.306 e. The summed E-state index contributed by atoms with van der Waals surface area (Å²) < 4.78 is 0. The third kappa shape index (κ3) is 6.93. The van der Waals surface area contributed by atoms with E-state index in [9.17, 15) is 4.79 Å². The van der Waals surface area contributed by atoms with Crippen molar-refractivity contribution < 1.29 is 9.90 Å². The monoisotopic (exact) mass is 182 g/mol. The van der Waals surface area contributed by atoms with E-state index in [0.29, 0.717) is 0 Å². The van der Waals surface area contributed by atoms with E-state index in [4.69, 9.17) is 5.11 Å². The molecule has 0 saturated carbocycles. The lowest BCUT2D eigenvalue weighted by atomic mass is 10.1. The first kappa shape index (κ1) is 11.6. The van der Waals surface area contributed by atoms with Crippen LogP contribution in [0.4, 0.5) is 0 Å². The SMILES string of the molecule is CCC(C)C(=O)O.c1ccnnc1. The topological polar surface area (TPSA) is 63.1 Å². The Labute approximate surface area is 77.6 Å². The van der Waals surface area contributed by atoms with E-state index in [2.05, 4.69) is 10.2 Å². The van der Waals surface area contributed by atoms with Crippen LogP contribution < -0.4 is 0 Å². The van der Waals surface area contributed by atoms with Gasteiger partial charge in [-0.1, -0.05) is 13.8 Å². The van der Waals surface area contributed by atoms with Crippen LogP contribution in [-0.2, 0) is 4.79 Å². The van der Waals surface area contributed by atoms with Gasteiger partial charge in [0.1, 0.15) is 0 Å². The zero-order valence-electron chi connectivity index (χ0n) is 7.84. The lowest BCUT2D eigenvalue weighted by Crippen LogP contribution is -2.06. The molecule has 1 atom stereocenters. The molecule has 72 valence electrons.